The standard InChI is InChI=1S/C15H24O4/c1-13(2)7-14(12(17)18)5-3-10-11(14)9(13)4-6-15(10,19)8-16/h9-11,16,19H,3-8H2,1-2H3,(H,17,18)/t9-,10+,11+,14+,15+/m1/s1. The summed E-state index contributed by atoms with van der Waals surface area (Å²) in [4.78, 5) is 11.9. The minimum atomic E-state index is -1.06. The Hall–Kier alpha value is -0.610. The molecule has 4 nitrogen and oxygen atoms in total. The van der Waals surface area contributed by atoms with Gasteiger partial charge in [0.05, 0.1) is 17.6 Å². The van der Waals surface area contributed by atoms with Crippen LogP contribution in [0.1, 0.15) is 46.0 Å². The van der Waals surface area contributed by atoms with Crippen molar-refractivity contribution in [2.75, 3.05) is 6.61 Å². The summed E-state index contributed by atoms with van der Waals surface area (Å²) < 4.78 is 0. The third-order valence-electron chi connectivity index (χ3n) is 6.46. The molecule has 19 heavy (non-hydrogen) atoms. The van der Waals surface area contributed by atoms with Crippen molar-refractivity contribution in [1.82, 2.24) is 0 Å². The van der Waals surface area contributed by atoms with Gasteiger partial charge in [0.15, 0.2) is 0 Å². The maximum Gasteiger partial charge on any atom is 0.309 e. The van der Waals surface area contributed by atoms with Crippen molar-refractivity contribution in [3.8, 4) is 0 Å². The van der Waals surface area contributed by atoms with Crippen LogP contribution >= 0.6 is 0 Å². The first-order chi connectivity index (χ1) is 8.77. The first-order valence-corrected chi connectivity index (χ1v) is 7.33. The van der Waals surface area contributed by atoms with Crippen molar-refractivity contribution in [2.45, 2.75) is 51.6 Å². The van der Waals surface area contributed by atoms with Crippen LogP contribution in [0, 0.1) is 28.6 Å². The summed E-state index contributed by atoms with van der Waals surface area (Å²) in [6.45, 7) is 4.10. The molecule has 0 unspecified atom stereocenters. The molecule has 3 fully saturated rings. The van der Waals surface area contributed by atoms with Crippen molar-refractivity contribution >= 4 is 5.97 Å². The smallest absolute Gasteiger partial charge is 0.309 e. The Labute approximate surface area is 113 Å². The molecule has 0 aliphatic heterocycles. The summed E-state index contributed by atoms with van der Waals surface area (Å²) >= 11 is 0. The fourth-order valence-electron chi connectivity index (χ4n) is 5.73. The Balaban J connectivity index is 2.06. The third-order valence-corrected chi connectivity index (χ3v) is 6.46. The molecule has 3 rings (SSSR count). The second kappa shape index (κ2) is 3.73. The van der Waals surface area contributed by atoms with Gasteiger partial charge in [-0.3, -0.25) is 4.79 Å². The lowest BCUT2D eigenvalue weighted by molar-refractivity contribution is -0.156. The molecule has 0 saturated heterocycles. The summed E-state index contributed by atoms with van der Waals surface area (Å²) in [6.07, 6.45) is 3.54. The van der Waals surface area contributed by atoms with Crippen molar-refractivity contribution in [3.63, 3.8) is 0 Å². The molecular formula is C15H24O4. The highest BCUT2D eigenvalue weighted by atomic mass is 16.4. The van der Waals surface area contributed by atoms with Gasteiger partial charge >= 0.3 is 5.97 Å². The van der Waals surface area contributed by atoms with Crippen LogP contribution in [0.15, 0.2) is 0 Å². The van der Waals surface area contributed by atoms with Gasteiger partial charge in [0.1, 0.15) is 0 Å². The molecule has 0 aromatic heterocycles. The average Bonchev–Trinajstić information content (AvgIpc) is 2.80. The molecule has 5 atom stereocenters. The van der Waals surface area contributed by atoms with Crippen LogP contribution in [0.5, 0.6) is 0 Å². The Morgan fingerprint density at radius 1 is 1.21 bits per heavy atom. The second-order valence-electron chi connectivity index (χ2n) is 7.70. The van der Waals surface area contributed by atoms with Gasteiger partial charge in [-0.05, 0) is 55.3 Å². The maximum absolute atomic E-state index is 11.9. The molecule has 0 aromatic carbocycles. The Morgan fingerprint density at radius 2 is 1.84 bits per heavy atom. The molecule has 4 heteroatoms. The summed E-state index contributed by atoms with van der Waals surface area (Å²) in [5, 5.41) is 29.9. The van der Waals surface area contributed by atoms with Gasteiger partial charge < -0.3 is 15.3 Å². The largest absolute Gasteiger partial charge is 0.481 e. The highest BCUT2D eigenvalue weighted by Gasteiger charge is 2.70. The number of aliphatic hydroxyl groups is 2. The van der Waals surface area contributed by atoms with Crippen LogP contribution in [0.4, 0.5) is 0 Å². The van der Waals surface area contributed by atoms with Crippen molar-refractivity contribution in [1.29, 1.82) is 0 Å². The normalized spacial score (nSPS) is 51.1. The van der Waals surface area contributed by atoms with Gasteiger partial charge in [0.2, 0.25) is 0 Å². The first kappa shape index (κ1) is 13.4. The number of hydrogen-bond donors (Lipinski definition) is 3. The molecule has 0 radical (unpaired) electrons. The van der Waals surface area contributed by atoms with Crippen molar-refractivity contribution < 1.29 is 20.1 Å². The Kier molecular flexibility index (Phi) is 2.63. The Morgan fingerprint density at radius 3 is 2.42 bits per heavy atom. The molecule has 0 amide bonds. The van der Waals surface area contributed by atoms with Gasteiger partial charge in [-0.15, -0.1) is 0 Å². The summed E-state index contributed by atoms with van der Waals surface area (Å²) in [5.41, 5.74) is -1.69. The lowest BCUT2D eigenvalue weighted by Crippen LogP contribution is -2.51. The van der Waals surface area contributed by atoms with Crippen LogP contribution in [0.25, 0.3) is 0 Å². The molecule has 108 valence electrons. The number of rotatable bonds is 2. The van der Waals surface area contributed by atoms with Crippen LogP contribution in [-0.2, 0) is 4.79 Å². The van der Waals surface area contributed by atoms with Crippen molar-refractivity contribution in [2.24, 2.45) is 28.6 Å². The molecule has 3 N–H and O–H groups in total. The number of carbonyl (C=O) groups is 1. The molecule has 3 saturated carbocycles. The molecule has 3 aliphatic rings. The zero-order valence-electron chi connectivity index (χ0n) is 11.7. The monoisotopic (exact) mass is 268 g/mol. The number of carboxylic acid groups (broad SMARTS) is 1. The molecule has 0 bridgehead atoms. The quantitative estimate of drug-likeness (QED) is 0.711. The number of aliphatic carboxylic acids is 1. The van der Waals surface area contributed by atoms with E-state index in [1.165, 1.54) is 0 Å². The minimum Gasteiger partial charge on any atom is -0.481 e. The average molecular weight is 268 g/mol. The van der Waals surface area contributed by atoms with Crippen LogP contribution in [0.3, 0.4) is 0 Å². The zero-order chi connectivity index (χ0) is 14.1. The summed E-state index contributed by atoms with van der Waals surface area (Å²) in [5.74, 6) is -0.347. The minimum absolute atomic E-state index is 0.0263. The highest BCUT2D eigenvalue weighted by Crippen LogP contribution is 2.70. The zero-order valence-corrected chi connectivity index (χ0v) is 11.7. The van der Waals surface area contributed by atoms with Crippen molar-refractivity contribution in [3.05, 3.63) is 0 Å². The third kappa shape index (κ3) is 1.50. The van der Waals surface area contributed by atoms with Gasteiger partial charge in [-0.2, -0.15) is 0 Å². The number of aliphatic hydroxyl groups excluding tert-OH is 1. The van der Waals surface area contributed by atoms with E-state index in [-0.39, 0.29) is 23.9 Å². The lowest BCUT2D eigenvalue weighted by atomic mass is 9.61. The van der Waals surface area contributed by atoms with E-state index in [4.69, 9.17) is 0 Å². The first-order valence-electron chi connectivity index (χ1n) is 7.33. The van der Waals surface area contributed by atoms with Crippen LogP contribution in [0.2, 0.25) is 0 Å². The van der Waals surface area contributed by atoms with E-state index in [9.17, 15) is 20.1 Å². The fraction of sp³-hybridized carbons (Fsp3) is 0.933. The van der Waals surface area contributed by atoms with E-state index in [1.807, 2.05) is 0 Å². The summed E-state index contributed by atoms with van der Waals surface area (Å²) in [6, 6.07) is 0. The van der Waals surface area contributed by atoms with Gasteiger partial charge in [-0.1, -0.05) is 13.8 Å². The van der Waals surface area contributed by atoms with Gasteiger partial charge in [0, 0.05) is 0 Å². The SMILES string of the molecule is CC1(C)C[C@@]2(C(=O)O)CC[C@H]3[C@@H]2[C@H]1CC[C@]3(O)CO. The van der Waals surface area contributed by atoms with Crippen LogP contribution < -0.4 is 0 Å². The molecule has 0 aromatic rings. The highest BCUT2D eigenvalue weighted by molar-refractivity contribution is 5.76. The Bertz CT molecular complexity index is 418. The molecular weight excluding hydrogens is 244 g/mol. The molecule has 0 spiro atoms. The van der Waals surface area contributed by atoms with Gasteiger partial charge in [0.25, 0.3) is 0 Å². The number of hydrogen-bond acceptors (Lipinski definition) is 3. The van der Waals surface area contributed by atoms with E-state index in [1.54, 1.807) is 0 Å². The fourth-order valence-corrected chi connectivity index (χ4v) is 5.73. The van der Waals surface area contributed by atoms with E-state index in [0.29, 0.717) is 25.2 Å². The van der Waals surface area contributed by atoms with E-state index in [0.717, 1.165) is 12.8 Å². The molecule has 3 aliphatic carbocycles. The van der Waals surface area contributed by atoms with Crippen LogP contribution in [-0.4, -0.2) is 33.5 Å². The summed E-state index contributed by atoms with van der Waals surface area (Å²) in [7, 11) is 0. The topological polar surface area (TPSA) is 77.8 Å². The van der Waals surface area contributed by atoms with Gasteiger partial charge in [-0.25, -0.2) is 0 Å². The van der Waals surface area contributed by atoms with E-state index >= 15 is 0 Å². The number of carboxylic acids is 1. The lowest BCUT2D eigenvalue weighted by Gasteiger charge is -2.47. The predicted octanol–water partition coefficient (Wildman–Crippen LogP) is 1.65. The maximum atomic E-state index is 11.9. The molecule has 0 heterocycles. The predicted molar refractivity (Wildman–Crippen MR) is 69.4 cm³/mol. The van der Waals surface area contributed by atoms with E-state index < -0.39 is 17.0 Å². The second-order valence-corrected chi connectivity index (χ2v) is 7.70. The van der Waals surface area contributed by atoms with E-state index in [2.05, 4.69) is 13.8 Å².